The van der Waals surface area contributed by atoms with Gasteiger partial charge < -0.3 is 9.66 Å². The van der Waals surface area contributed by atoms with E-state index in [0.717, 1.165) is 5.56 Å². The summed E-state index contributed by atoms with van der Waals surface area (Å²) in [5.74, 6) is -0.943. The molecule has 0 aliphatic heterocycles. The van der Waals surface area contributed by atoms with Crippen LogP contribution in [0.25, 0.3) is 0 Å². The molecule has 2 atom stereocenters. The van der Waals surface area contributed by atoms with Gasteiger partial charge in [-0.1, -0.05) is 0 Å². The number of aliphatic carboxylic acids is 1. The Balaban J connectivity index is 2.87. The lowest BCUT2D eigenvalue weighted by Gasteiger charge is -2.21. The summed E-state index contributed by atoms with van der Waals surface area (Å²) in [7, 11) is 0. The van der Waals surface area contributed by atoms with Crippen molar-refractivity contribution in [3.05, 3.63) is 28.5 Å². The number of halogens is 1. The van der Waals surface area contributed by atoms with Gasteiger partial charge in [-0.2, -0.15) is 0 Å². The molecule has 0 saturated heterocycles. The van der Waals surface area contributed by atoms with Crippen LogP contribution in [0.15, 0.2) is 22.9 Å². The molecule has 7 heteroatoms. The van der Waals surface area contributed by atoms with E-state index in [1.54, 1.807) is 18.3 Å². The van der Waals surface area contributed by atoms with Crippen LogP contribution in [0.5, 0.6) is 0 Å². The lowest BCUT2D eigenvalue weighted by Crippen LogP contribution is -2.35. The highest BCUT2D eigenvalue weighted by Crippen LogP contribution is 2.21. The van der Waals surface area contributed by atoms with Crippen LogP contribution in [0.4, 0.5) is 0 Å². The van der Waals surface area contributed by atoms with Crippen LogP contribution in [0.2, 0.25) is 0 Å². The van der Waals surface area contributed by atoms with Gasteiger partial charge in [0.15, 0.2) is 0 Å². The van der Waals surface area contributed by atoms with E-state index in [1.807, 2.05) is 13.8 Å². The molecule has 0 aliphatic carbocycles. The normalized spacial score (nSPS) is 14.5. The summed E-state index contributed by atoms with van der Waals surface area (Å²) >= 11 is 1.96. The van der Waals surface area contributed by atoms with E-state index >= 15 is 0 Å². The first-order chi connectivity index (χ1) is 8.40. The van der Waals surface area contributed by atoms with Gasteiger partial charge in [-0.25, -0.2) is 4.98 Å². The van der Waals surface area contributed by atoms with Crippen molar-refractivity contribution in [2.24, 2.45) is 0 Å². The Labute approximate surface area is 117 Å². The molecule has 0 aromatic carbocycles. The van der Waals surface area contributed by atoms with Crippen molar-refractivity contribution in [1.82, 2.24) is 9.71 Å². The molecular formula is C11H15BrN2O3S. The van der Waals surface area contributed by atoms with Gasteiger partial charge in [0, 0.05) is 17.6 Å². The highest BCUT2D eigenvalue weighted by Gasteiger charge is 2.23. The average molecular weight is 335 g/mol. The van der Waals surface area contributed by atoms with Gasteiger partial charge in [0.1, 0.15) is 9.85 Å². The first-order valence-electron chi connectivity index (χ1n) is 5.40. The Morgan fingerprint density at radius 1 is 1.67 bits per heavy atom. The number of carboxylic acids is 1. The van der Waals surface area contributed by atoms with Gasteiger partial charge in [-0.05, 0) is 47.5 Å². The maximum atomic E-state index is 11.8. The van der Waals surface area contributed by atoms with E-state index in [4.69, 9.17) is 5.11 Å². The predicted octanol–water partition coefficient (Wildman–Crippen LogP) is 2.02. The Hall–Kier alpha value is -0.630. The molecular weight excluding hydrogens is 320 g/mol. The maximum absolute atomic E-state index is 11.8. The van der Waals surface area contributed by atoms with E-state index in [9.17, 15) is 9.35 Å². The van der Waals surface area contributed by atoms with E-state index < -0.39 is 23.4 Å². The standard InChI is InChI=1S/C11H15BrN2O3S/c1-7(2)18(17)14-9(6-11(15)16)8-3-4-13-10(12)5-8/h3-5,7,9,14H,6H2,1-2H3,(H,15,16)/t9?,18-/m1/s1. The summed E-state index contributed by atoms with van der Waals surface area (Å²) < 4.78 is 15.2. The van der Waals surface area contributed by atoms with Gasteiger partial charge in [-0.15, -0.1) is 4.72 Å². The highest BCUT2D eigenvalue weighted by atomic mass is 79.9. The van der Waals surface area contributed by atoms with Gasteiger partial charge in [0.2, 0.25) is 0 Å². The molecule has 0 amide bonds. The third-order valence-corrected chi connectivity index (χ3v) is 4.03. The smallest absolute Gasteiger partial charge is 0.305 e. The highest BCUT2D eigenvalue weighted by molar-refractivity contribution is 9.10. The lowest BCUT2D eigenvalue weighted by molar-refractivity contribution is -0.137. The number of rotatable bonds is 6. The number of pyridine rings is 1. The monoisotopic (exact) mass is 334 g/mol. The fourth-order valence-electron chi connectivity index (χ4n) is 1.31. The quantitative estimate of drug-likeness (QED) is 0.614. The molecule has 2 N–H and O–H groups in total. The van der Waals surface area contributed by atoms with Crippen LogP contribution in [-0.2, 0) is 16.2 Å². The largest absolute Gasteiger partial charge is 0.598 e. The summed E-state index contributed by atoms with van der Waals surface area (Å²) in [5, 5.41) is 8.82. The van der Waals surface area contributed by atoms with Crippen molar-refractivity contribution >= 4 is 33.3 Å². The minimum atomic E-state index is -1.27. The number of hydrogen-bond acceptors (Lipinski definition) is 4. The van der Waals surface area contributed by atoms with E-state index in [2.05, 4.69) is 25.6 Å². The van der Waals surface area contributed by atoms with E-state index in [0.29, 0.717) is 4.60 Å². The maximum Gasteiger partial charge on any atom is 0.305 e. The molecule has 18 heavy (non-hydrogen) atoms. The summed E-state index contributed by atoms with van der Waals surface area (Å²) in [6.07, 6.45) is 1.45. The van der Waals surface area contributed by atoms with Crippen molar-refractivity contribution in [3.8, 4) is 0 Å². The Morgan fingerprint density at radius 3 is 2.83 bits per heavy atom. The molecule has 0 radical (unpaired) electrons. The van der Waals surface area contributed by atoms with Gasteiger partial charge >= 0.3 is 5.97 Å². The second kappa shape index (κ2) is 7.08. The third kappa shape index (κ3) is 4.93. The second-order valence-electron chi connectivity index (χ2n) is 4.03. The molecule has 1 unspecified atom stereocenters. The van der Waals surface area contributed by atoms with E-state index in [1.165, 1.54) is 0 Å². The Bertz CT molecular complexity index is 417. The first-order valence-corrected chi connectivity index (χ1v) is 7.40. The molecule has 0 aliphatic rings. The zero-order chi connectivity index (χ0) is 13.7. The SMILES string of the molecule is CC(C)[S@@+]([O-])NC(CC(=O)O)c1ccnc(Br)c1. The molecule has 0 fully saturated rings. The van der Waals surface area contributed by atoms with Crippen LogP contribution < -0.4 is 4.72 Å². The molecule has 100 valence electrons. The number of carbonyl (C=O) groups is 1. The number of aromatic nitrogens is 1. The fourth-order valence-corrected chi connectivity index (χ4v) is 2.47. The molecule has 0 spiro atoms. The number of hydrogen-bond donors (Lipinski definition) is 2. The molecule has 1 heterocycles. The van der Waals surface area contributed by atoms with Crippen molar-refractivity contribution in [2.45, 2.75) is 31.6 Å². The van der Waals surface area contributed by atoms with Crippen LogP contribution in [0.3, 0.4) is 0 Å². The summed E-state index contributed by atoms with van der Waals surface area (Å²) in [4.78, 5) is 14.8. The summed E-state index contributed by atoms with van der Waals surface area (Å²) in [5.41, 5.74) is 0.744. The Kier molecular flexibility index (Phi) is 6.07. The van der Waals surface area contributed by atoms with Crippen LogP contribution >= 0.6 is 15.9 Å². The van der Waals surface area contributed by atoms with Gasteiger partial charge in [0.25, 0.3) is 0 Å². The zero-order valence-electron chi connectivity index (χ0n) is 10.1. The number of carboxylic acid groups (broad SMARTS) is 1. The fraction of sp³-hybridized carbons (Fsp3) is 0.455. The molecule has 5 nitrogen and oxygen atoms in total. The number of nitrogens with zero attached hydrogens (tertiary/aromatic N) is 1. The summed E-state index contributed by atoms with van der Waals surface area (Å²) in [6.45, 7) is 3.62. The van der Waals surface area contributed by atoms with Crippen molar-refractivity contribution in [3.63, 3.8) is 0 Å². The molecule has 0 bridgehead atoms. The Morgan fingerprint density at radius 2 is 2.33 bits per heavy atom. The average Bonchev–Trinajstić information content (AvgIpc) is 2.27. The predicted molar refractivity (Wildman–Crippen MR) is 73.3 cm³/mol. The van der Waals surface area contributed by atoms with Gasteiger partial charge in [0.05, 0.1) is 12.5 Å². The van der Waals surface area contributed by atoms with Crippen LogP contribution in [0.1, 0.15) is 31.9 Å². The van der Waals surface area contributed by atoms with Crippen LogP contribution in [-0.4, -0.2) is 25.9 Å². The first kappa shape index (κ1) is 15.4. The van der Waals surface area contributed by atoms with Crippen LogP contribution in [0, 0.1) is 0 Å². The van der Waals surface area contributed by atoms with E-state index in [-0.39, 0.29) is 11.7 Å². The van der Waals surface area contributed by atoms with Crippen molar-refractivity contribution in [1.29, 1.82) is 0 Å². The van der Waals surface area contributed by atoms with Gasteiger partial charge in [-0.3, -0.25) is 4.79 Å². The molecule has 1 aromatic heterocycles. The lowest BCUT2D eigenvalue weighted by atomic mass is 10.1. The molecule has 1 aromatic rings. The van der Waals surface area contributed by atoms with Crippen molar-refractivity contribution in [2.75, 3.05) is 0 Å². The van der Waals surface area contributed by atoms with Crippen molar-refractivity contribution < 1.29 is 14.5 Å². The summed E-state index contributed by atoms with van der Waals surface area (Å²) in [6, 6.07) is 2.94. The minimum absolute atomic E-state index is 0.0772. The molecule has 0 saturated carbocycles. The topological polar surface area (TPSA) is 85.3 Å². The zero-order valence-corrected chi connectivity index (χ0v) is 12.5. The molecule has 1 rings (SSSR count). The minimum Gasteiger partial charge on any atom is -0.598 e. The number of nitrogens with one attached hydrogen (secondary N) is 1. The second-order valence-corrected chi connectivity index (χ2v) is 6.61. The third-order valence-electron chi connectivity index (χ3n) is 2.22.